The maximum atomic E-state index is 11.9. The van der Waals surface area contributed by atoms with Gasteiger partial charge in [0.25, 0.3) is 0 Å². The summed E-state index contributed by atoms with van der Waals surface area (Å²) in [5, 5.41) is 0. The molecule has 2 bridgehead atoms. The van der Waals surface area contributed by atoms with Crippen molar-refractivity contribution in [1.82, 2.24) is 0 Å². The van der Waals surface area contributed by atoms with Gasteiger partial charge in [0, 0.05) is 6.42 Å². The molecule has 0 aromatic heterocycles. The molecule has 4 heteroatoms. The lowest BCUT2D eigenvalue weighted by Gasteiger charge is -2.47. The van der Waals surface area contributed by atoms with Gasteiger partial charge in [-0.3, -0.25) is 9.59 Å². The smallest absolute Gasteiger partial charge is 0.311 e. The van der Waals surface area contributed by atoms with E-state index in [9.17, 15) is 9.59 Å². The molecule has 96 valence electrons. The lowest BCUT2D eigenvalue weighted by molar-refractivity contribution is -0.220. The van der Waals surface area contributed by atoms with Crippen molar-refractivity contribution < 1.29 is 19.1 Å². The van der Waals surface area contributed by atoms with Crippen LogP contribution in [0.5, 0.6) is 0 Å². The Kier molecular flexibility index (Phi) is 2.71. The Bertz CT molecular complexity index is 355. The minimum Gasteiger partial charge on any atom is -0.458 e. The molecule has 3 aliphatic rings. The van der Waals surface area contributed by atoms with Crippen molar-refractivity contribution in [1.29, 1.82) is 0 Å². The molecular formula is C13H20O4. The summed E-state index contributed by atoms with van der Waals surface area (Å²) in [5.74, 6) is -0.466. The highest BCUT2D eigenvalue weighted by Gasteiger charge is 2.53. The predicted molar refractivity (Wildman–Crippen MR) is 61.2 cm³/mol. The first-order valence-electron chi connectivity index (χ1n) is 6.16. The second-order valence-electron chi connectivity index (χ2n) is 6.36. The summed E-state index contributed by atoms with van der Waals surface area (Å²) in [4.78, 5) is 23.4. The summed E-state index contributed by atoms with van der Waals surface area (Å²) in [6.45, 7) is 7.35. The Hall–Kier alpha value is -1.06. The fourth-order valence-electron chi connectivity index (χ4n) is 2.47. The number of hydrogen-bond acceptors (Lipinski definition) is 4. The molecule has 0 amide bonds. The van der Waals surface area contributed by atoms with Gasteiger partial charge in [-0.15, -0.1) is 0 Å². The van der Waals surface area contributed by atoms with Gasteiger partial charge >= 0.3 is 11.9 Å². The Morgan fingerprint density at radius 2 is 2.06 bits per heavy atom. The Labute approximate surface area is 102 Å². The number of esters is 2. The SMILES string of the molecule is CC(C)(C)C(=O)OC1(C)CC2CCC1OC2=O. The second kappa shape index (κ2) is 3.72. The zero-order valence-corrected chi connectivity index (χ0v) is 10.9. The van der Waals surface area contributed by atoms with Crippen LogP contribution in [-0.2, 0) is 19.1 Å². The van der Waals surface area contributed by atoms with Gasteiger partial charge in [-0.1, -0.05) is 0 Å². The van der Waals surface area contributed by atoms with E-state index in [1.165, 1.54) is 0 Å². The second-order valence-corrected chi connectivity index (χ2v) is 6.36. The van der Waals surface area contributed by atoms with Crippen molar-refractivity contribution in [2.45, 2.75) is 58.7 Å². The molecular weight excluding hydrogens is 220 g/mol. The Morgan fingerprint density at radius 3 is 2.47 bits per heavy atom. The van der Waals surface area contributed by atoms with Crippen LogP contribution in [0.2, 0.25) is 0 Å². The molecule has 4 nitrogen and oxygen atoms in total. The van der Waals surface area contributed by atoms with Crippen molar-refractivity contribution in [2.75, 3.05) is 0 Å². The van der Waals surface area contributed by atoms with Crippen molar-refractivity contribution in [3.8, 4) is 0 Å². The van der Waals surface area contributed by atoms with Crippen LogP contribution in [0.15, 0.2) is 0 Å². The van der Waals surface area contributed by atoms with Gasteiger partial charge in [-0.05, 0) is 40.5 Å². The topological polar surface area (TPSA) is 52.6 Å². The van der Waals surface area contributed by atoms with Crippen LogP contribution in [0, 0.1) is 11.3 Å². The summed E-state index contributed by atoms with van der Waals surface area (Å²) in [5.41, 5.74) is -1.16. The maximum Gasteiger partial charge on any atom is 0.311 e. The lowest BCUT2D eigenvalue weighted by Crippen LogP contribution is -2.57. The van der Waals surface area contributed by atoms with E-state index in [0.29, 0.717) is 6.42 Å². The number of carbonyl (C=O) groups excluding carboxylic acids is 2. The normalized spacial score (nSPS) is 36.6. The highest BCUT2D eigenvalue weighted by atomic mass is 16.6. The molecule has 2 saturated heterocycles. The predicted octanol–water partition coefficient (Wildman–Crippen LogP) is 2.06. The van der Waals surface area contributed by atoms with Crippen LogP contribution in [0.3, 0.4) is 0 Å². The van der Waals surface area contributed by atoms with Crippen LogP contribution in [0.1, 0.15) is 47.0 Å². The quantitative estimate of drug-likeness (QED) is 0.658. The van der Waals surface area contributed by atoms with Gasteiger partial charge in [-0.25, -0.2) is 0 Å². The average molecular weight is 240 g/mol. The van der Waals surface area contributed by atoms with E-state index in [2.05, 4.69) is 0 Å². The average Bonchev–Trinajstić information content (AvgIpc) is 2.18. The van der Waals surface area contributed by atoms with E-state index in [0.717, 1.165) is 12.8 Å². The van der Waals surface area contributed by atoms with Gasteiger partial charge in [0.15, 0.2) is 0 Å². The van der Waals surface area contributed by atoms with E-state index in [1.807, 2.05) is 27.7 Å². The monoisotopic (exact) mass is 240 g/mol. The standard InChI is InChI=1S/C13H20O4/c1-12(2,3)11(15)17-13(4)7-8-5-6-9(13)16-10(8)14/h8-9H,5-7H2,1-4H3. The zero-order chi connectivity index (χ0) is 12.8. The number of fused-ring (bicyclic) bond motifs is 3. The molecule has 2 heterocycles. The van der Waals surface area contributed by atoms with Crippen LogP contribution in [-0.4, -0.2) is 23.6 Å². The lowest BCUT2D eigenvalue weighted by atomic mass is 9.74. The molecule has 3 unspecified atom stereocenters. The van der Waals surface area contributed by atoms with Crippen molar-refractivity contribution in [3.63, 3.8) is 0 Å². The first-order chi connectivity index (χ1) is 7.72. The molecule has 17 heavy (non-hydrogen) atoms. The van der Waals surface area contributed by atoms with E-state index >= 15 is 0 Å². The van der Waals surface area contributed by atoms with Crippen LogP contribution in [0.4, 0.5) is 0 Å². The molecule has 1 saturated carbocycles. The largest absolute Gasteiger partial charge is 0.458 e. The number of rotatable bonds is 1. The van der Waals surface area contributed by atoms with Crippen molar-refractivity contribution in [3.05, 3.63) is 0 Å². The Balaban J connectivity index is 2.11. The molecule has 0 aromatic rings. The molecule has 0 aromatic carbocycles. The third kappa shape index (κ3) is 2.17. The van der Waals surface area contributed by atoms with E-state index in [1.54, 1.807) is 0 Å². The molecule has 2 aliphatic heterocycles. The number of carbonyl (C=O) groups is 2. The molecule has 0 N–H and O–H groups in total. The highest BCUT2D eigenvalue weighted by molar-refractivity contribution is 5.77. The summed E-state index contributed by atoms with van der Waals surface area (Å²) in [7, 11) is 0. The molecule has 0 spiro atoms. The molecule has 0 radical (unpaired) electrons. The van der Waals surface area contributed by atoms with Gasteiger partial charge < -0.3 is 9.47 Å². The first kappa shape index (κ1) is 12.4. The van der Waals surface area contributed by atoms with Crippen molar-refractivity contribution in [2.24, 2.45) is 11.3 Å². The summed E-state index contributed by atoms with van der Waals surface area (Å²) >= 11 is 0. The molecule has 3 rings (SSSR count). The summed E-state index contributed by atoms with van der Waals surface area (Å²) < 4.78 is 10.9. The van der Waals surface area contributed by atoms with Crippen molar-refractivity contribution >= 4 is 11.9 Å². The van der Waals surface area contributed by atoms with Gasteiger partial charge in [0.1, 0.15) is 11.7 Å². The van der Waals surface area contributed by atoms with E-state index < -0.39 is 11.0 Å². The first-order valence-corrected chi connectivity index (χ1v) is 6.16. The maximum absolute atomic E-state index is 11.9. The highest BCUT2D eigenvalue weighted by Crippen LogP contribution is 2.43. The minimum atomic E-state index is -0.638. The fraction of sp³-hybridized carbons (Fsp3) is 0.846. The van der Waals surface area contributed by atoms with Crippen LogP contribution < -0.4 is 0 Å². The van der Waals surface area contributed by atoms with Gasteiger partial charge in [-0.2, -0.15) is 0 Å². The minimum absolute atomic E-state index is 0.0993. The third-order valence-electron chi connectivity index (χ3n) is 3.64. The van der Waals surface area contributed by atoms with Crippen LogP contribution in [0.25, 0.3) is 0 Å². The van der Waals surface area contributed by atoms with E-state index in [-0.39, 0.29) is 24.0 Å². The summed E-state index contributed by atoms with van der Waals surface area (Å²) in [6, 6.07) is 0. The third-order valence-corrected chi connectivity index (χ3v) is 3.64. The van der Waals surface area contributed by atoms with E-state index in [4.69, 9.17) is 9.47 Å². The zero-order valence-electron chi connectivity index (χ0n) is 10.9. The molecule has 3 atom stereocenters. The van der Waals surface area contributed by atoms with Gasteiger partial charge in [0.2, 0.25) is 0 Å². The molecule has 3 fully saturated rings. The summed E-state index contributed by atoms with van der Waals surface area (Å²) in [6.07, 6.45) is 1.97. The fourth-order valence-corrected chi connectivity index (χ4v) is 2.47. The van der Waals surface area contributed by atoms with Gasteiger partial charge in [0.05, 0.1) is 11.3 Å². The number of hydrogen-bond donors (Lipinski definition) is 0. The van der Waals surface area contributed by atoms with Crippen LogP contribution >= 0.6 is 0 Å². The Morgan fingerprint density at radius 1 is 1.41 bits per heavy atom. The number of ether oxygens (including phenoxy) is 2. The molecule has 1 aliphatic carbocycles.